The molecule has 1 aromatic heterocycles. The minimum absolute atomic E-state index is 0.0499. The standard InChI is InChI=1S/C14H13ClN2O2/c1-10-2-5-12(6-3-10)19-9-14(18)17-11-4-7-13(15)16-8-11/h2-8H,9H2,1H3,(H,17,18). The topological polar surface area (TPSA) is 51.2 Å². The van der Waals surface area contributed by atoms with Gasteiger partial charge in [0.1, 0.15) is 10.9 Å². The Kier molecular flexibility index (Phi) is 4.36. The molecule has 0 spiro atoms. The summed E-state index contributed by atoms with van der Waals surface area (Å²) < 4.78 is 5.36. The second kappa shape index (κ2) is 6.20. The maximum atomic E-state index is 11.6. The average molecular weight is 277 g/mol. The third-order valence-electron chi connectivity index (χ3n) is 2.40. The number of benzene rings is 1. The number of amides is 1. The molecule has 0 radical (unpaired) electrons. The Bertz CT molecular complexity index is 553. The molecule has 0 aliphatic rings. The fourth-order valence-electron chi connectivity index (χ4n) is 1.43. The van der Waals surface area contributed by atoms with Crippen molar-refractivity contribution in [3.63, 3.8) is 0 Å². The van der Waals surface area contributed by atoms with Crippen molar-refractivity contribution in [1.82, 2.24) is 4.98 Å². The molecule has 1 amide bonds. The van der Waals surface area contributed by atoms with Crippen LogP contribution in [0, 0.1) is 6.92 Å². The second-order valence-corrected chi connectivity index (χ2v) is 4.41. The quantitative estimate of drug-likeness (QED) is 0.873. The number of aromatic nitrogens is 1. The van der Waals surface area contributed by atoms with Crippen LogP contribution in [0.15, 0.2) is 42.6 Å². The maximum absolute atomic E-state index is 11.6. The summed E-state index contributed by atoms with van der Waals surface area (Å²) in [6.45, 7) is 1.94. The van der Waals surface area contributed by atoms with Gasteiger partial charge in [0.2, 0.25) is 0 Å². The summed E-state index contributed by atoms with van der Waals surface area (Å²) in [6.07, 6.45) is 1.49. The Hall–Kier alpha value is -2.07. The van der Waals surface area contributed by atoms with Crippen molar-refractivity contribution in [3.05, 3.63) is 53.3 Å². The molecule has 0 bridgehead atoms. The highest BCUT2D eigenvalue weighted by Gasteiger charge is 2.04. The maximum Gasteiger partial charge on any atom is 0.262 e. The van der Waals surface area contributed by atoms with E-state index >= 15 is 0 Å². The molecule has 1 N–H and O–H groups in total. The highest BCUT2D eigenvalue weighted by molar-refractivity contribution is 6.29. The van der Waals surface area contributed by atoms with Crippen LogP contribution in [0.4, 0.5) is 5.69 Å². The molecule has 0 atom stereocenters. The van der Waals surface area contributed by atoms with Crippen LogP contribution in [0.2, 0.25) is 5.15 Å². The molecular formula is C14H13ClN2O2. The van der Waals surface area contributed by atoms with E-state index in [1.165, 1.54) is 6.20 Å². The summed E-state index contributed by atoms with van der Waals surface area (Å²) in [5.74, 6) is 0.416. The van der Waals surface area contributed by atoms with E-state index in [0.29, 0.717) is 16.6 Å². The molecule has 1 aromatic carbocycles. The molecule has 0 aliphatic carbocycles. The fourth-order valence-corrected chi connectivity index (χ4v) is 1.54. The summed E-state index contributed by atoms with van der Waals surface area (Å²) in [4.78, 5) is 15.5. The highest BCUT2D eigenvalue weighted by Crippen LogP contribution is 2.12. The van der Waals surface area contributed by atoms with Gasteiger partial charge >= 0.3 is 0 Å². The van der Waals surface area contributed by atoms with Crippen LogP contribution in [-0.2, 0) is 4.79 Å². The van der Waals surface area contributed by atoms with Crippen LogP contribution in [0.3, 0.4) is 0 Å². The molecule has 0 saturated heterocycles. The third kappa shape index (κ3) is 4.26. The molecule has 2 rings (SSSR count). The first kappa shape index (κ1) is 13.4. The summed E-state index contributed by atoms with van der Waals surface area (Å²) in [5, 5.41) is 3.05. The minimum atomic E-state index is -0.246. The van der Waals surface area contributed by atoms with E-state index in [4.69, 9.17) is 16.3 Å². The van der Waals surface area contributed by atoms with Crippen LogP contribution in [-0.4, -0.2) is 17.5 Å². The van der Waals surface area contributed by atoms with Gasteiger partial charge < -0.3 is 10.1 Å². The number of aryl methyl sites for hydroxylation is 1. The molecule has 2 aromatic rings. The van der Waals surface area contributed by atoms with Crippen LogP contribution >= 0.6 is 11.6 Å². The largest absolute Gasteiger partial charge is 0.484 e. The van der Waals surface area contributed by atoms with E-state index in [1.807, 2.05) is 31.2 Å². The average Bonchev–Trinajstić information content (AvgIpc) is 2.41. The molecule has 98 valence electrons. The predicted octanol–water partition coefficient (Wildman–Crippen LogP) is 3.06. The predicted molar refractivity (Wildman–Crippen MR) is 74.6 cm³/mol. The zero-order valence-electron chi connectivity index (χ0n) is 10.4. The monoisotopic (exact) mass is 276 g/mol. The van der Waals surface area contributed by atoms with E-state index in [9.17, 15) is 4.79 Å². The van der Waals surface area contributed by atoms with Gasteiger partial charge in [0.05, 0.1) is 11.9 Å². The SMILES string of the molecule is Cc1ccc(OCC(=O)Nc2ccc(Cl)nc2)cc1. The normalized spacial score (nSPS) is 10.0. The van der Waals surface area contributed by atoms with E-state index in [2.05, 4.69) is 10.3 Å². The van der Waals surface area contributed by atoms with Gasteiger partial charge in [0.25, 0.3) is 5.91 Å². The first-order valence-corrected chi connectivity index (χ1v) is 6.12. The second-order valence-electron chi connectivity index (χ2n) is 4.02. The van der Waals surface area contributed by atoms with Crippen molar-refractivity contribution in [2.45, 2.75) is 6.92 Å². The van der Waals surface area contributed by atoms with Gasteiger partial charge in [-0.3, -0.25) is 4.79 Å². The summed E-state index contributed by atoms with van der Waals surface area (Å²) in [7, 11) is 0. The summed E-state index contributed by atoms with van der Waals surface area (Å²) >= 11 is 5.65. The van der Waals surface area contributed by atoms with Crippen LogP contribution in [0.1, 0.15) is 5.56 Å². The molecule has 4 nitrogen and oxygen atoms in total. The molecule has 5 heteroatoms. The minimum Gasteiger partial charge on any atom is -0.484 e. The van der Waals surface area contributed by atoms with Gasteiger partial charge in [-0.15, -0.1) is 0 Å². The number of rotatable bonds is 4. The van der Waals surface area contributed by atoms with Crippen molar-refractivity contribution >= 4 is 23.2 Å². The third-order valence-corrected chi connectivity index (χ3v) is 2.63. The Morgan fingerprint density at radius 1 is 1.26 bits per heavy atom. The van der Waals surface area contributed by atoms with Crippen molar-refractivity contribution in [1.29, 1.82) is 0 Å². The Morgan fingerprint density at radius 3 is 2.63 bits per heavy atom. The first-order valence-electron chi connectivity index (χ1n) is 5.74. The molecule has 0 saturated carbocycles. The summed E-state index contributed by atoms with van der Waals surface area (Å²) in [5.41, 5.74) is 1.73. The molecule has 0 unspecified atom stereocenters. The molecule has 19 heavy (non-hydrogen) atoms. The molecule has 1 heterocycles. The van der Waals surface area contributed by atoms with Crippen LogP contribution in [0.5, 0.6) is 5.75 Å². The lowest BCUT2D eigenvalue weighted by atomic mass is 10.2. The van der Waals surface area contributed by atoms with Gasteiger partial charge in [-0.25, -0.2) is 4.98 Å². The molecule has 0 fully saturated rings. The Balaban J connectivity index is 1.84. The molecular weight excluding hydrogens is 264 g/mol. The number of halogens is 1. The number of carbonyl (C=O) groups excluding carboxylic acids is 1. The van der Waals surface area contributed by atoms with Gasteiger partial charge in [0, 0.05) is 0 Å². The van der Waals surface area contributed by atoms with Crippen LogP contribution < -0.4 is 10.1 Å². The molecule has 0 aliphatic heterocycles. The number of anilines is 1. The Labute approximate surface area is 116 Å². The number of carbonyl (C=O) groups is 1. The fraction of sp³-hybridized carbons (Fsp3) is 0.143. The van der Waals surface area contributed by atoms with Crippen LogP contribution in [0.25, 0.3) is 0 Å². The zero-order chi connectivity index (χ0) is 13.7. The van der Waals surface area contributed by atoms with Crippen molar-refractivity contribution in [3.8, 4) is 5.75 Å². The van der Waals surface area contributed by atoms with E-state index in [1.54, 1.807) is 12.1 Å². The number of pyridine rings is 1. The number of hydrogen-bond donors (Lipinski definition) is 1. The van der Waals surface area contributed by atoms with E-state index in [0.717, 1.165) is 5.56 Å². The lowest BCUT2D eigenvalue weighted by molar-refractivity contribution is -0.118. The van der Waals surface area contributed by atoms with Gasteiger partial charge in [0.15, 0.2) is 6.61 Å². The van der Waals surface area contributed by atoms with Crippen molar-refractivity contribution < 1.29 is 9.53 Å². The smallest absolute Gasteiger partial charge is 0.262 e. The number of hydrogen-bond acceptors (Lipinski definition) is 3. The van der Waals surface area contributed by atoms with Crippen molar-refractivity contribution in [2.24, 2.45) is 0 Å². The highest BCUT2D eigenvalue weighted by atomic mass is 35.5. The van der Waals surface area contributed by atoms with Gasteiger partial charge in [-0.05, 0) is 31.2 Å². The number of nitrogens with one attached hydrogen (secondary N) is 1. The number of ether oxygens (including phenoxy) is 1. The van der Waals surface area contributed by atoms with Gasteiger partial charge in [-0.1, -0.05) is 29.3 Å². The van der Waals surface area contributed by atoms with Crippen molar-refractivity contribution in [2.75, 3.05) is 11.9 Å². The Morgan fingerprint density at radius 2 is 2.00 bits per heavy atom. The van der Waals surface area contributed by atoms with E-state index < -0.39 is 0 Å². The van der Waals surface area contributed by atoms with E-state index in [-0.39, 0.29) is 12.5 Å². The zero-order valence-corrected chi connectivity index (χ0v) is 11.1. The lowest BCUT2D eigenvalue weighted by Crippen LogP contribution is -2.20. The lowest BCUT2D eigenvalue weighted by Gasteiger charge is -2.07. The first-order chi connectivity index (χ1) is 9.13. The van der Waals surface area contributed by atoms with Gasteiger partial charge in [-0.2, -0.15) is 0 Å². The number of nitrogens with zero attached hydrogens (tertiary/aromatic N) is 1. The summed E-state index contributed by atoms with van der Waals surface area (Å²) in [6, 6.07) is 10.8.